The Morgan fingerprint density at radius 1 is 1.42 bits per heavy atom. The van der Waals surface area contributed by atoms with E-state index in [0.29, 0.717) is 21.6 Å². The molecule has 1 fully saturated rings. The van der Waals surface area contributed by atoms with Crippen LogP contribution >= 0.6 is 35.1 Å². The van der Waals surface area contributed by atoms with Crippen molar-refractivity contribution in [2.45, 2.75) is 29.9 Å². The predicted octanol–water partition coefficient (Wildman–Crippen LogP) is 3.85. The fourth-order valence-electron chi connectivity index (χ4n) is 2.41. The molecule has 0 amide bonds. The Hall–Kier alpha value is 0.1000. The SMILES string of the molecule is CNC(Cc1cc(F)ccc1Cl)C1SCCSC1C. The van der Waals surface area contributed by atoms with Gasteiger partial charge in [0.2, 0.25) is 0 Å². The first kappa shape index (κ1) is 15.5. The van der Waals surface area contributed by atoms with Crippen LogP contribution in [0.25, 0.3) is 0 Å². The summed E-state index contributed by atoms with van der Waals surface area (Å²) in [6.45, 7) is 2.28. The zero-order valence-electron chi connectivity index (χ0n) is 11.2. The minimum absolute atomic E-state index is 0.215. The number of rotatable bonds is 4. The van der Waals surface area contributed by atoms with Gasteiger partial charge in [-0.15, -0.1) is 0 Å². The van der Waals surface area contributed by atoms with Crippen LogP contribution in [0, 0.1) is 5.82 Å². The fraction of sp³-hybridized carbons (Fsp3) is 0.571. The molecule has 1 aliphatic heterocycles. The maximum atomic E-state index is 13.3. The number of hydrogen-bond acceptors (Lipinski definition) is 3. The van der Waals surface area contributed by atoms with Gasteiger partial charge in [0.15, 0.2) is 0 Å². The fourth-order valence-corrected chi connectivity index (χ4v) is 5.61. The van der Waals surface area contributed by atoms with Gasteiger partial charge in [-0.1, -0.05) is 18.5 Å². The lowest BCUT2D eigenvalue weighted by Gasteiger charge is -2.34. The monoisotopic (exact) mass is 319 g/mol. The van der Waals surface area contributed by atoms with E-state index in [1.165, 1.54) is 17.6 Å². The van der Waals surface area contributed by atoms with E-state index in [1.807, 2.05) is 30.6 Å². The molecule has 1 aliphatic rings. The van der Waals surface area contributed by atoms with Crippen molar-refractivity contribution < 1.29 is 4.39 Å². The number of likely N-dealkylation sites (N-methyl/N-ethyl adjacent to an activating group) is 1. The van der Waals surface area contributed by atoms with E-state index in [-0.39, 0.29) is 5.82 Å². The van der Waals surface area contributed by atoms with Crippen LogP contribution in [0.15, 0.2) is 18.2 Å². The van der Waals surface area contributed by atoms with Crippen molar-refractivity contribution in [3.8, 4) is 0 Å². The van der Waals surface area contributed by atoms with Crippen LogP contribution in [0.5, 0.6) is 0 Å². The summed E-state index contributed by atoms with van der Waals surface area (Å²) >= 11 is 10.2. The molecule has 0 radical (unpaired) electrons. The van der Waals surface area contributed by atoms with E-state index in [9.17, 15) is 4.39 Å². The maximum absolute atomic E-state index is 13.3. The first-order valence-corrected chi connectivity index (χ1v) is 8.93. The van der Waals surface area contributed by atoms with Crippen molar-refractivity contribution >= 4 is 35.1 Å². The lowest BCUT2D eigenvalue weighted by molar-refractivity contribution is 0.528. The van der Waals surface area contributed by atoms with Gasteiger partial charge >= 0.3 is 0 Å². The highest BCUT2D eigenvalue weighted by Gasteiger charge is 2.29. The highest BCUT2D eigenvalue weighted by molar-refractivity contribution is 8.07. The predicted molar refractivity (Wildman–Crippen MR) is 86.1 cm³/mol. The summed E-state index contributed by atoms with van der Waals surface area (Å²) in [5, 5.41) is 5.20. The zero-order chi connectivity index (χ0) is 13.8. The quantitative estimate of drug-likeness (QED) is 0.905. The molecule has 0 bridgehead atoms. The van der Waals surface area contributed by atoms with Gasteiger partial charge < -0.3 is 5.32 Å². The number of benzene rings is 1. The summed E-state index contributed by atoms with van der Waals surface area (Å²) in [5.41, 5.74) is 0.893. The molecule has 0 saturated carbocycles. The second-order valence-corrected chi connectivity index (χ2v) is 7.92. The molecular formula is C14H19ClFNS2. The van der Waals surface area contributed by atoms with Gasteiger partial charge in [0, 0.05) is 33.1 Å². The summed E-state index contributed by atoms with van der Waals surface area (Å²) in [6.07, 6.45) is 0.773. The molecule has 1 saturated heterocycles. The molecule has 106 valence electrons. The number of halogens is 2. The van der Waals surface area contributed by atoms with Crippen molar-refractivity contribution in [1.82, 2.24) is 5.32 Å². The Morgan fingerprint density at radius 2 is 2.16 bits per heavy atom. The Kier molecular flexibility index (Phi) is 5.87. The third-order valence-corrected chi connectivity index (χ3v) is 7.07. The van der Waals surface area contributed by atoms with Gasteiger partial charge in [-0.2, -0.15) is 23.5 Å². The highest BCUT2D eigenvalue weighted by atomic mass is 35.5. The van der Waals surface area contributed by atoms with E-state index in [4.69, 9.17) is 11.6 Å². The summed E-state index contributed by atoms with van der Waals surface area (Å²) < 4.78 is 13.3. The topological polar surface area (TPSA) is 12.0 Å². The first-order valence-electron chi connectivity index (χ1n) is 6.46. The Bertz CT molecular complexity index is 430. The van der Waals surface area contributed by atoms with Crippen molar-refractivity contribution in [3.05, 3.63) is 34.6 Å². The average Bonchev–Trinajstić information content (AvgIpc) is 2.41. The number of thioether (sulfide) groups is 2. The van der Waals surface area contributed by atoms with E-state index in [1.54, 1.807) is 12.1 Å². The molecule has 5 heteroatoms. The van der Waals surface area contributed by atoms with E-state index in [0.717, 1.165) is 12.0 Å². The number of nitrogens with one attached hydrogen (secondary N) is 1. The van der Waals surface area contributed by atoms with E-state index in [2.05, 4.69) is 12.2 Å². The van der Waals surface area contributed by atoms with Crippen LogP contribution in [-0.2, 0) is 6.42 Å². The van der Waals surface area contributed by atoms with Gasteiger partial charge in [-0.05, 0) is 37.2 Å². The van der Waals surface area contributed by atoms with Gasteiger partial charge in [0.25, 0.3) is 0 Å². The van der Waals surface area contributed by atoms with Crippen molar-refractivity contribution in [2.75, 3.05) is 18.6 Å². The molecule has 1 aromatic carbocycles. The summed E-state index contributed by atoms with van der Waals surface area (Å²) in [4.78, 5) is 0. The molecule has 19 heavy (non-hydrogen) atoms. The smallest absolute Gasteiger partial charge is 0.123 e. The minimum Gasteiger partial charge on any atom is -0.316 e. The molecule has 3 atom stereocenters. The summed E-state index contributed by atoms with van der Waals surface area (Å²) in [7, 11) is 1.98. The summed E-state index contributed by atoms with van der Waals surface area (Å²) in [5.74, 6) is 2.20. The zero-order valence-corrected chi connectivity index (χ0v) is 13.5. The second-order valence-electron chi connectivity index (χ2n) is 4.75. The van der Waals surface area contributed by atoms with Crippen molar-refractivity contribution in [3.63, 3.8) is 0 Å². The molecule has 1 heterocycles. The van der Waals surface area contributed by atoms with Gasteiger partial charge in [0.1, 0.15) is 5.82 Å². The standard InChI is InChI=1S/C14H19ClFNS2/c1-9-14(19-6-5-18-9)13(17-2)8-10-7-11(16)3-4-12(10)15/h3-4,7,9,13-14,17H,5-6,8H2,1-2H3. The maximum Gasteiger partial charge on any atom is 0.123 e. The molecule has 2 rings (SSSR count). The lowest BCUT2D eigenvalue weighted by atomic mass is 10.0. The molecule has 1 aromatic rings. The van der Waals surface area contributed by atoms with E-state index >= 15 is 0 Å². The van der Waals surface area contributed by atoms with Gasteiger partial charge in [0.05, 0.1) is 0 Å². The van der Waals surface area contributed by atoms with Crippen molar-refractivity contribution in [2.24, 2.45) is 0 Å². The van der Waals surface area contributed by atoms with Crippen LogP contribution in [-0.4, -0.2) is 35.1 Å². The molecular weight excluding hydrogens is 301 g/mol. The Balaban J connectivity index is 2.11. The van der Waals surface area contributed by atoms with Crippen LogP contribution in [0.1, 0.15) is 12.5 Å². The first-order chi connectivity index (χ1) is 9.11. The number of hydrogen-bond donors (Lipinski definition) is 1. The Morgan fingerprint density at radius 3 is 2.84 bits per heavy atom. The van der Waals surface area contributed by atoms with Gasteiger partial charge in [-0.25, -0.2) is 4.39 Å². The lowest BCUT2D eigenvalue weighted by Crippen LogP contribution is -2.44. The normalized spacial score (nSPS) is 25.3. The Labute approximate surface area is 128 Å². The molecule has 3 unspecified atom stereocenters. The van der Waals surface area contributed by atoms with Crippen LogP contribution in [0.3, 0.4) is 0 Å². The van der Waals surface area contributed by atoms with E-state index < -0.39 is 0 Å². The molecule has 1 nitrogen and oxygen atoms in total. The van der Waals surface area contributed by atoms with Crippen LogP contribution in [0.2, 0.25) is 5.02 Å². The third-order valence-electron chi connectivity index (χ3n) is 3.45. The van der Waals surface area contributed by atoms with Crippen LogP contribution < -0.4 is 5.32 Å². The summed E-state index contributed by atoms with van der Waals surface area (Å²) in [6, 6.07) is 4.93. The van der Waals surface area contributed by atoms with Crippen molar-refractivity contribution in [1.29, 1.82) is 0 Å². The molecule has 0 spiro atoms. The highest BCUT2D eigenvalue weighted by Crippen LogP contribution is 2.34. The molecule has 0 aliphatic carbocycles. The minimum atomic E-state index is -0.215. The van der Waals surface area contributed by atoms with Gasteiger partial charge in [-0.3, -0.25) is 0 Å². The second kappa shape index (κ2) is 7.21. The average molecular weight is 320 g/mol. The molecule has 1 N–H and O–H groups in total. The third kappa shape index (κ3) is 4.03. The largest absolute Gasteiger partial charge is 0.316 e. The molecule has 0 aromatic heterocycles. The van der Waals surface area contributed by atoms with Crippen LogP contribution in [0.4, 0.5) is 4.39 Å².